The van der Waals surface area contributed by atoms with Crippen molar-refractivity contribution in [3.8, 4) is 0 Å². The molecule has 0 unspecified atom stereocenters. The van der Waals surface area contributed by atoms with Gasteiger partial charge in [-0.2, -0.15) is 0 Å². The van der Waals surface area contributed by atoms with E-state index in [0.29, 0.717) is 0 Å². The Morgan fingerprint density at radius 3 is 2.33 bits per heavy atom. The fraction of sp³-hybridized carbons (Fsp3) is 0.417. The highest BCUT2D eigenvalue weighted by Crippen LogP contribution is 2.26. The van der Waals surface area contributed by atoms with Gasteiger partial charge in [-0.25, -0.2) is 8.78 Å². The van der Waals surface area contributed by atoms with Gasteiger partial charge in [-0.15, -0.1) is 0 Å². The Labute approximate surface area is 104 Å². The third-order valence-electron chi connectivity index (χ3n) is 3.38. The van der Waals surface area contributed by atoms with Crippen LogP contribution in [0.15, 0.2) is 12.1 Å². The van der Waals surface area contributed by atoms with Crippen LogP contribution in [0, 0.1) is 11.6 Å². The first-order valence-electron chi connectivity index (χ1n) is 5.77. The highest BCUT2D eigenvalue weighted by molar-refractivity contribution is 5.94. The van der Waals surface area contributed by atoms with E-state index in [1.807, 2.05) is 5.43 Å². The number of carbonyl (C=O) groups is 1. The summed E-state index contributed by atoms with van der Waals surface area (Å²) in [6, 6.07) is 2.17. The first-order chi connectivity index (χ1) is 8.54. The summed E-state index contributed by atoms with van der Waals surface area (Å²) in [6.45, 7) is 0. The van der Waals surface area contributed by atoms with E-state index in [4.69, 9.17) is 5.84 Å². The fourth-order valence-electron chi connectivity index (χ4n) is 1.98. The Hall–Kier alpha value is -1.69. The molecule has 1 aliphatic rings. The SMILES string of the molecule is CN(C(=O)c1cc(F)c(NN)c(F)c1)C1CCC1. The summed E-state index contributed by atoms with van der Waals surface area (Å²) in [5, 5.41) is 0. The monoisotopic (exact) mass is 255 g/mol. The summed E-state index contributed by atoms with van der Waals surface area (Å²) in [5.74, 6) is 2.87. The zero-order valence-corrected chi connectivity index (χ0v) is 10.0. The van der Waals surface area contributed by atoms with Crippen LogP contribution in [-0.4, -0.2) is 23.9 Å². The Morgan fingerprint density at radius 2 is 1.94 bits per heavy atom. The lowest BCUT2D eigenvalue weighted by molar-refractivity contribution is 0.0651. The van der Waals surface area contributed by atoms with Gasteiger partial charge in [0.2, 0.25) is 0 Å². The molecule has 0 aromatic heterocycles. The quantitative estimate of drug-likeness (QED) is 0.640. The molecule has 0 radical (unpaired) electrons. The van der Waals surface area contributed by atoms with Crippen LogP contribution in [0.5, 0.6) is 0 Å². The molecule has 6 heteroatoms. The number of hydrazine groups is 1. The van der Waals surface area contributed by atoms with Gasteiger partial charge in [0, 0.05) is 18.7 Å². The smallest absolute Gasteiger partial charge is 0.254 e. The van der Waals surface area contributed by atoms with E-state index in [1.54, 1.807) is 7.05 Å². The summed E-state index contributed by atoms with van der Waals surface area (Å²) < 4.78 is 27.0. The molecule has 3 N–H and O–H groups in total. The Bertz CT molecular complexity index is 451. The van der Waals surface area contributed by atoms with Crippen molar-refractivity contribution < 1.29 is 13.6 Å². The fourth-order valence-corrected chi connectivity index (χ4v) is 1.98. The van der Waals surface area contributed by atoms with Crippen LogP contribution in [0.2, 0.25) is 0 Å². The van der Waals surface area contributed by atoms with Crippen LogP contribution in [0.3, 0.4) is 0 Å². The van der Waals surface area contributed by atoms with Crippen molar-refractivity contribution in [2.45, 2.75) is 25.3 Å². The number of benzene rings is 1. The minimum absolute atomic E-state index is 0.00148. The summed E-state index contributed by atoms with van der Waals surface area (Å²) >= 11 is 0. The van der Waals surface area contributed by atoms with Crippen molar-refractivity contribution in [1.82, 2.24) is 4.90 Å². The van der Waals surface area contributed by atoms with Crippen LogP contribution < -0.4 is 11.3 Å². The van der Waals surface area contributed by atoms with Crippen LogP contribution in [-0.2, 0) is 0 Å². The molecule has 4 nitrogen and oxygen atoms in total. The zero-order chi connectivity index (χ0) is 13.3. The number of nitrogens with two attached hydrogens (primary N) is 1. The van der Waals surface area contributed by atoms with Gasteiger partial charge in [0.25, 0.3) is 5.91 Å². The normalized spacial score (nSPS) is 15.1. The van der Waals surface area contributed by atoms with E-state index in [2.05, 4.69) is 0 Å². The minimum atomic E-state index is -0.872. The largest absolute Gasteiger partial charge is 0.339 e. The van der Waals surface area contributed by atoms with Gasteiger partial charge in [-0.1, -0.05) is 0 Å². The van der Waals surface area contributed by atoms with E-state index >= 15 is 0 Å². The van der Waals surface area contributed by atoms with Gasteiger partial charge < -0.3 is 10.3 Å². The van der Waals surface area contributed by atoms with Gasteiger partial charge in [-0.05, 0) is 31.4 Å². The molecule has 0 saturated heterocycles. The molecule has 2 rings (SSSR count). The van der Waals surface area contributed by atoms with Crippen molar-refractivity contribution in [1.29, 1.82) is 0 Å². The maximum absolute atomic E-state index is 13.5. The predicted octanol–water partition coefficient (Wildman–Crippen LogP) is 1.87. The maximum Gasteiger partial charge on any atom is 0.254 e. The molecule has 1 aromatic carbocycles. The molecule has 0 heterocycles. The zero-order valence-electron chi connectivity index (χ0n) is 10.0. The molecule has 1 saturated carbocycles. The van der Waals surface area contributed by atoms with E-state index in [9.17, 15) is 13.6 Å². The molecular weight excluding hydrogens is 240 g/mol. The van der Waals surface area contributed by atoms with E-state index in [-0.39, 0.29) is 17.5 Å². The van der Waals surface area contributed by atoms with E-state index < -0.39 is 17.3 Å². The molecule has 1 aliphatic carbocycles. The lowest BCUT2D eigenvalue weighted by atomic mass is 9.91. The Morgan fingerprint density at radius 1 is 1.39 bits per heavy atom. The topological polar surface area (TPSA) is 58.4 Å². The number of nitrogen functional groups attached to an aromatic ring is 1. The number of halogens is 2. The van der Waals surface area contributed by atoms with Crippen molar-refractivity contribution in [2.75, 3.05) is 12.5 Å². The molecule has 0 aliphatic heterocycles. The molecule has 0 bridgehead atoms. The Kier molecular flexibility index (Phi) is 3.47. The van der Waals surface area contributed by atoms with Crippen molar-refractivity contribution >= 4 is 11.6 Å². The van der Waals surface area contributed by atoms with E-state index in [1.165, 1.54) is 4.90 Å². The minimum Gasteiger partial charge on any atom is -0.339 e. The first kappa shape index (κ1) is 12.8. The standard InChI is InChI=1S/C12H15F2N3O/c1-17(8-3-2-4-8)12(18)7-5-9(13)11(16-15)10(14)6-7/h5-6,8,16H,2-4,15H2,1H3. The van der Waals surface area contributed by atoms with Gasteiger partial charge in [0.1, 0.15) is 5.69 Å². The van der Waals surface area contributed by atoms with Gasteiger partial charge in [0.05, 0.1) is 0 Å². The maximum atomic E-state index is 13.5. The third kappa shape index (κ3) is 2.15. The first-order valence-corrected chi connectivity index (χ1v) is 5.77. The highest BCUT2D eigenvalue weighted by atomic mass is 19.1. The molecule has 18 heavy (non-hydrogen) atoms. The Balaban J connectivity index is 2.25. The molecular formula is C12H15F2N3O. The lowest BCUT2D eigenvalue weighted by Gasteiger charge is -2.34. The number of rotatable bonds is 3. The van der Waals surface area contributed by atoms with Crippen LogP contribution in [0.4, 0.5) is 14.5 Å². The second-order valence-electron chi connectivity index (χ2n) is 4.46. The number of nitrogens with one attached hydrogen (secondary N) is 1. The molecule has 1 aromatic rings. The predicted molar refractivity (Wildman–Crippen MR) is 63.9 cm³/mol. The van der Waals surface area contributed by atoms with Gasteiger partial charge in [0.15, 0.2) is 11.6 Å². The number of hydrogen-bond donors (Lipinski definition) is 2. The number of anilines is 1. The molecule has 0 spiro atoms. The number of hydrogen-bond acceptors (Lipinski definition) is 3. The average Bonchev–Trinajstić information content (AvgIpc) is 2.25. The summed E-state index contributed by atoms with van der Waals surface area (Å²) in [6.07, 6.45) is 2.96. The summed E-state index contributed by atoms with van der Waals surface area (Å²) in [5.41, 5.74) is 1.50. The van der Waals surface area contributed by atoms with Crippen LogP contribution in [0.25, 0.3) is 0 Å². The molecule has 98 valence electrons. The van der Waals surface area contributed by atoms with Gasteiger partial charge in [-0.3, -0.25) is 10.6 Å². The number of nitrogens with zero attached hydrogens (tertiary/aromatic N) is 1. The van der Waals surface area contributed by atoms with Crippen LogP contribution in [0.1, 0.15) is 29.6 Å². The van der Waals surface area contributed by atoms with Crippen LogP contribution >= 0.6 is 0 Å². The molecule has 1 fully saturated rings. The third-order valence-corrected chi connectivity index (χ3v) is 3.38. The average molecular weight is 255 g/mol. The summed E-state index contributed by atoms with van der Waals surface area (Å²) in [7, 11) is 1.65. The number of carbonyl (C=O) groups excluding carboxylic acids is 1. The van der Waals surface area contributed by atoms with Gasteiger partial charge >= 0.3 is 0 Å². The van der Waals surface area contributed by atoms with Crippen molar-refractivity contribution in [3.63, 3.8) is 0 Å². The van der Waals surface area contributed by atoms with Crippen molar-refractivity contribution in [2.24, 2.45) is 5.84 Å². The molecule has 0 atom stereocenters. The second kappa shape index (κ2) is 4.89. The van der Waals surface area contributed by atoms with E-state index in [0.717, 1.165) is 31.4 Å². The number of amides is 1. The highest BCUT2D eigenvalue weighted by Gasteiger charge is 2.27. The van der Waals surface area contributed by atoms with Crippen molar-refractivity contribution in [3.05, 3.63) is 29.3 Å². The molecule has 1 amide bonds. The summed E-state index contributed by atoms with van der Waals surface area (Å²) in [4.78, 5) is 13.6. The lowest BCUT2D eigenvalue weighted by Crippen LogP contribution is -2.41. The second-order valence-corrected chi connectivity index (χ2v) is 4.46.